The number of esters is 1. The van der Waals surface area contributed by atoms with Crippen molar-refractivity contribution in [1.29, 1.82) is 0 Å². The van der Waals surface area contributed by atoms with E-state index >= 15 is 0 Å². The molecule has 1 aromatic carbocycles. The second-order valence-corrected chi connectivity index (χ2v) is 5.24. The van der Waals surface area contributed by atoms with Gasteiger partial charge in [-0.2, -0.15) is 0 Å². The number of cyclic esters (lactones) is 1. The molecule has 1 aromatic rings. The van der Waals surface area contributed by atoms with Crippen LogP contribution in [0, 0.1) is 0 Å². The summed E-state index contributed by atoms with van der Waals surface area (Å²) in [7, 11) is 1.58. The van der Waals surface area contributed by atoms with Crippen LogP contribution in [0.4, 0.5) is 0 Å². The Balaban J connectivity index is 1.71. The minimum atomic E-state index is -0.336. The van der Waals surface area contributed by atoms with E-state index in [4.69, 9.17) is 9.47 Å². The van der Waals surface area contributed by atoms with E-state index in [0.717, 1.165) is 5.56 Å². The summed E-state index contributed by atoms with van der Waals surface area (Å²) in [5.41, 5.74) is 4.08. The summed E-state index contributed by atoms with van der Waals surface area (Å²) in [6, 6.07) is 6.56. The number of benzene rings is 1. The predicted molar refractivity (Wildman–Crippen MR) is 77.1 cm³/mol. The van der Waals surface area contributed by atoms with E-state index in [1.165, 1.54) is 36.5 Å². The zero-order valence-electron chi connectivity index (χ0n) is 11.6. The first-order valence-corrected chi connectivity index (χ1v) is 7.00. The maximum atomic E-state index is 11.4. The van der Waals surface area contributed by atoms with Gasteiger partial charge >= 0.3 is 5.97 Å². The Kier molecular flexibility index (Phi) is 3.59. The largest absolute Gasteiger partial charge is 0.501 e. The van der Waals surface area contributed by atoms with Crippen LogP contribution in [0.5, 0.6) is 0 Å². The van der Waals surface area contributed by atoms with Crippen LogP contribution >= 0.6 is 0 Å². The average Bonchev–Trinajstić information content (AvgIpc) is 2.92. The zero-order valence-corrected chi connectivity index (χ0v) is 11.6. The van der Waals surface area contributed by atoms with Crippen LogP contribution in [0.15, 0.2) is 36.1 Å². The Hall–Kier alpha value is -2.03. The first-order valence-electron chi connectivity index (χ1n) is 7.00. The standard InChI is InChI=1S/C17H18O3/c1-19-16-10-15(20-17(18)11-16)8-6-12-5-7-13-3-2-4-14(13)9-12/h5-9,11,15H,2-4,10H2,1H3. The van der Waals surface area contributed by atoms with Gasteiger partial charge in [-0.3, -0.25) is 0 Å². The number of rotatable bonds is 3. The highest BCUT2D eigenvalue weighted by Gasteiger charge is 2.19. The highest BCUT2D eigenvalue weighted by atomic mass is 16.5. The van der Waals surface area contributed by atoms with Gasteiger partial charge in [-0.25, -0.2) is 4.79 Å². The SMILES string of the molecule is COC1=CC(=O)OC(C=Cc2ccc3c(c2)CCC3)C1. The summed E-state index contributed by atoms with van der Waals surface area (Å²) < 4.78 is 10.4. The maximum Gasteiger partial charge on any atom is 0.334 e. The van der Waals surface area contributed by atoms with Gasteiger partial charge in [0.25, 0.3) is 0 Å². The molecular weight excluding hydrogens is 252 g/mol. The predicted octanol–water partition coefficient (Wildman–Crippen LogP) is 3.03. The second kappa shape index (κ2) is 5.53. The molecule has 1 unspecified atom stereocenters. The molecule has 0 saturated heterocycles. The molecule has 1 atom stereocenters. The lowest BCUT2D eigenvalue weighted by atomic mass is 10.0. The van der Waals surface area contributed by atoms with E-state index in [-0.39, 0.29) is 12.1 Å². The molecule has 0 bridgehead atoms. The molecule has 0 N–H and O–H groups in total. The van der Waals surface area contributed by atoms with E-state index < -0.39 is 0 Å². The van der Waals surface area contributed by atoms with Crippen LogP contribution in [0.3, 0.4) is 0 Å². The number of ether oxygens (including phenoxy) is 2. The fourth-order valence-electron chi connectivity index (χ4n) is 2.78. The van der Waals surface area contributed by atoms with Crippen molar-refractivity contribution < 1.29 is 14.3 Å². The van der Waals surface area contributed by atoms with Crippen molar-refractivity contribution in [2.45, 2.75) is 31.8 Å². The molecule has 1 heterocycles. The van der Waals surface area contributed by atoms with Crippen molar-refractivity contribution in [2.75, 3.05) is 7.11 Å². The quantitative estimate of drug-likeness (QED) is 0.792. The second-order valence-electron chi connectivity index (χ2n) is 5.24. The van der Waals surface area contributed by atoms with Crippen molar-refractivity contribution in [2.24, 2.45) is 0 Å². The Labute approximate surface area is 118 Å². The van der Waals surface area contributed by atoms with Gasteiger partial charge in [0.1, 0.15) is 11.9 Å². The Bertz CT molecular complexity index is 584. The third-order valence-corrected chi connectivity index (χ3v) is 3.84. The third-order valence-electron chi connectivity index (χ3n) is 3.84. The first-order chi connectivity index (χ1) is 9.74. The van der Waals surface area contributed by atoms with Gasteiger partial charge in [-0.05, 0) is 42.0 Å². The van der Waals surface area contributed by atoms with Crippen LogP contribution in [0.1, 0.15) is 29.5 Å². The van der Waals surface area contributed by atoms with Gasteiger partial charge in [0, 0.05) is 6.42 Å². The molecule has 1 aliphatic carbocycles. The number of methoxy groups -OCH3 is 1. The van der Waals surface area contributed by atoms with Gasteiger partial charge in [0.2, 0.25) is 0 Å². The Morgan fingerprint density at radius 3 is 3.00 bits per heavy atom. The van der Waals surface area contributed by atoms with Gasteiger partial charge in [0.05, 0.1) is 13.2 Å². The number of fused-ring (bicyclic) bond motifs is 1. The lowest BCUT2D eigenvalue weighted by Gasteiger charge is -2.19. The lowest BCUT2D eigenvalue weighted by Crippen LogP contribution is -2.21. The van der Waals surface area contributed by atoms with Crippen molar-refractivity contribution in [3.8, 4) is 0 Å². The number of hydrogen-bond acceptors (Lipinski definition) is 3. The van der Waals surface area contributed by atoms with Crippen molar-refractivity contribution in [1.82, 2.24) is 0 Å². The molecule has 3 heteroatoms. The summed E-state index contributed by atoms with van der Waals surface area (Å²) in [5.74, 6) is 0.335. The Morgan fingerprint density at radius 2 is 2.15 bits per heavy atom. The van der Waals surface area contributed by atoms with E-state index in [0.29, 0.717) is 12.2 Å². The highest BCUT2D eigenvalue weighted by Crippen LogP contribution is 2.24. The topological polar surface area (TPSA) is 35.5 Å². The smallest absolute Gasteiger partial charge is 0.334 e. The molecule has 20 heavy (non-hydrogen) atoms. The molecule has 0 saturated carbocycles. The van der Waals surface area contributed by atoms with Gasteiger partial charge in [-0.1, -0.05) is 24.3 Å². The molecule has 104 valence electrons. The number of hydrogen-bond donors (Lipinski definition) is 0. The number of carbonyl (C=O) groups excluding carboxylic acids is 1. The molecule has 0 radical (unpaired) electrons. The molecule has 0 spiro atoms. The molecule has 0 fully saturated rings. The van der Waals surface area contributed by atoms with E-state index in [9.17, 15) is 4.79 Å². The summed E-state index contributed by atoms with van der Waals surface area (Å²) in [4.78, 5) is 11.4. The van der Waals surface area contributed by atoms with Crippen molar-refractivity contribution >= 4 is 12.0 Å². The first kappa shape index (κ1) is 13.0. The zero-order chi connectivity index (χ0) is 13.9. The molecule has 1 aliphatic heterocycles. The van der Waals surface area contributed by atoms with E-state index in [1.807, 2.05) is 12.2 Å². The normalized spacial score (nSPS) is 21.6. The van der Waals surface area contributed by atoms with Crippen LogP contribution in [-0.2, 0) is 27.1 Å². The fraction of sp³-hybridized carbons (Fsp3) is 0.353. The maximum absolute atomic E-state index is 11.4. The lowest BCUT2D eigenvalue weighted by molar-refractivity contribution is -0.142. The van der Waals surface area contributed by atoms with Gasteiger partial charge in [0.15, 0.2) is 0 Å². The van der Waals surface area contributed by atoms with E-state index in [2.05, 4.69) is 18.2 Å². The third kappa shape index (κ3) is 2.77. The monoisotopic (exact) mass is 270 g/mol. The summed E-state index contributed by atoms with van der Waals surface area (Å²) >= 11 is 0. The number of carbonyl (C=O) groups is 1. The van der Waals surface area contributed by atoms with Crippen LogP contribution in [0.2, 0.25) is 0 Å². The van der Waals surface area contributed by atoms with Crippen LogP contribution in [0.25, 0.3) is 6.08 Å². The fourth-order valence-corrected chi connectivity index (χ4v) is 2.78. The molecule has 3 nitrogen and oxygen atoms in total. The molecule has 2 aliphatic rings. The summed E-state index contributed by atoms with van der Waals surface area (Å²) in [6.07, 6.45) is 9.34. The summed E-state index contributed by atoms with van der Waals surface area (Å²) in [5, 5.41) is 0. The van der Waals surface area contributed by atoms with Crippen LogP contribution < -0.4 is 0 Å². The minimum Gasteiger partial charge on any atom is -0.501 e. The van der Waals surface area contributed by atoms with Crippen LogP contribution in [-0.4, -0.2) is 19.2 Å². The van der Waals surface area contributed by atoms with Crippen molar-refractivity contribution in [3.63, 3.8) is 0 Å². The minimum absolute atomic E-state index is 0.240. The summed E-state index contributed by atoms with van der Waals surface area (Å²) in [6.45, 7) is 0. The van der Waals surface area contributed by atoms with Gasteiger partial charge < -0.3 is 9.47 Å². The highest BCUT2D eigenvalue weighted by molar-refractivity contribution is 5.83. The molecule has 0 amide bonds. The Morgan fingerprint density at radius 1 is 1.30 bits per heavy atom. The van der Waals surface area contributed by atoms with Crippen molar-refractivity contribution in [3.05, 3.63) is 52.8 Å². The molecule has 0 aromatic heterocycles. The average molecular weight is 270 g/mol. The van der Waals surface area contributed by atoms with E-state index in [1.54, 1.807) is 7.11 Å². The number of aryl methyl sites for hydroxylation is 2. The van der Waals surface area contributed by atoms with Gasteiger partial charge in [-0.15, -0.1) is 0 Å². The molecule has 3 rings (SSSR count). The molecular formula is C17H18O3.